The van der Waals surface area contributed by atoms with Gasteiger partial charge in [0.15, 0.2) is 5.58 Å². The number of hydrogen-bond acceptors (Lipinski definition) is 1. The summed E-state index contributed by atoms with van der Waals surface area (Å²) >= 11 is 0. The highest BCUT2D eigenvalue weighted by Crippen LogP contribution is 2.49. The lowest BCUT2D eigenvalue weighted by Gasteiger charge is -2.16. The molecule has 0 N–H and O–H groups in total. The summed E-state index contributed by atoms with van der Waals surface area (Å²) in [5.74, 6) is 1.12. The van der Waals surface area contributed by atoms with Crippen LogP contribution in [0.15, 0.2) is 120 Å². The Morgan fingerprint density at radius 3 is 2.43 bits per heavy atom. The monoisotopic (exact) mass is 478 g/mol. The van der Waals surface area contributed by atoms with Gasteiger partial charge in [-0.3, -0.25) is 0 Å². The third kappa shape index (κ3) is 2.10. The van der Waals surface area contributed by atoms with Gasteiger partial charge in [0.1, 0.15) is 40.5 Å². The minimum Gasteiger partial charge on any atom is -0.455 e. The fourth-order valence-corrected chi connectivity index (χ4v) is 6.76. The van der Waals surface area contributed by atoms with E-state index in [1.807, 2.05) is 6.07 Å². The third-order valence-electron chi connectivity index (χ3n) is 8.24. The van der Waals surface area contributed by atoms with Gasteiger partial charge in [-0.05, 0) is 48.9 Å². The van der Waals surface area contributed by atoms with Crippen LogP contribution in [0.3, 0.4) is 0 Å². The van der Waals surface area contributed by atoms with E-state index in [2.05, 4.69) is 135 Å². The smallest absolute Gasteiger partial charge is 0.387 e. The Hall–Kier alpha value is -4.90. The van der Waals surface area contributed by atoms with Gasteiger partial charge in [0.2, 0.25) is 6.20 Å². The van der Waals surface area contributed by atoms with Gasteiger partial charge >= 0.3 is 11.5 Å². The van der Waals surface area contributed by atoms with Gasteiger partial charge in [-0.15, -0.1) is 4.68 Å². The van der Waals surface area contributed by atoms with Crippen LogP contribution in [0.1, 0.15) is 16.7 Å². The van der Waals surface area contributed by atoms with E-state index in [9.17, 15) is 0 Å². The molecule has 37 heavy (non-hydrogen) atoms. The highest BCUT2D eigenvalue weighted by Gasteiger charge is 2.66. The van der Waals surface area contributed by atoms with Crippen LogP contribution >= 0.6 is 0 Å². The van der Waals surface area contributed by atoms with Crippen LogP contribution in [0.25, 0.3) is 44.7 Å². The van der Waals surface area contributed by atoms with Crippen LogP contribution in [0.2, 0.25) is 0 Å². The van der Waals surface area contributed by atoms with Crippen molar-refractivity contribution in [3.63, 3.8) is 0 Å². The SMILES string of the molecule is Cc1ccccc1-n1cc[n+]2c1-c1c(ccc3c1oc1ccccc13)C21c2ccccc2-n2ccc[n+]21. The first kappa shape index (κ1) is 19.3. The molecule has 5 nitrogen and oxygen atoms in total. The standard InChI is InChI=1S/C32H22N4O/c1-21-9-2-5-12-26(21)33-19-20-34-31(33)29-25(16-15-23-22-10-3-7-14-28(22)37-30(23)29)32(34)24-11-4-6-13-27(24)35-17-8-18-36(32)35/h2-20H,1H3/q+2. The zero-order valence-corrected chi connectivity index (χ0v) is 20.2. The van der Waals surface area contributed by atoms with Gasteiger partial charge in [0, 0.05) is 16.8 Å². The number of imidazole rings is 1. The lowest BCUT2D eigenvalue weighted by Crippen LogP contribution is -2.72. The molecule has 2 aliphatic heterocycles. The summed E-state index contributed by atoms with van der Waals surface area (Å²) in [4.78, 5) is 0. The second kappa shape index (κ2) is 6.45. The molecule has 5 heterocycles. The Morgan fingerprint density at radius 1 is 0.703 bits per heavy atom. The number of hydrogen-bond donors (Lipinski definition) is 0. The van der Waals surface area contributed by atoms with Crippen molar-refractivity contribution in [2.75, 3.05) is 0 Å². The summed E-state index contributed by atoms with van der Waals surface area (Å²) in [6, 6.07) is 32.3. The van der Waals surface area contributed by atoms with Crippen molar-refractivity contribution in [2.45, 2.75) is 12.6 Å². The Balaban J connectivity index is 1.51. The molecule has 0 saturated heterocycles. The van der Waals surface area contributed by atoms with E-state index in [4.69, 9.17) is 4.42 Å². The number of rotatable bonds is 1. The summed E-state index contributed by atoms with van der Waals surface area (Å²) in [6.45, 7) is 2.17. The molecule has 0 amide bonds. The number of para-hydroxylation sites is 3. The first-order valence-electron chi connectivity index (χ1n) is 12.6. The van der Waals surface area contributed by atoms with E-state index >= 15 is 0 Å². The van der Waals surface area contributed by atoms with E-state index in [1.165, 1.54) is 28.1 Å². The minimum atomic E-state index is -0.564. The maximum atomic E-state index is 6.66. The summed E-state index contributed by atoms with van der Waals surface area (Å²) < 4.78 is 16.0. The molecular formula is C32H22N4O+2. The Bertz CT molecular complexity index is 2070. The number of aromatic nitrogens is 4. The average Bonchev–Trinajstić information content (AvgIpc) is 3.72. The largest absolute Gasteiger partial charge is 0.455 e. The van der Waals surface area contributed by atoms with Gasteiger partial charge in [-0.1, -0.05) is 53.2 Å². The molecule has 1 spiro atoms. The number of furan rings is 1. The van der Waals surface area contributed by atoms with Crippen molar-refractivity contribution in [1.29, 1.82) is 0 Å². The number of nitrogens with zero attached hydrogens (tertiary/aromatic N) is 4. The van der Waals surface area contributed by atoms with Gasteiger partial charge < -0.3 is 4.42 Å². The molecule has 2 aliphatic rings. The second-order valence-electron chi connectivity index (χ2n) is 9.98. The molecule has 5 heteroatoms. The van der Waals surface area contributed by atoms with Crippen molar-refractivity contribution in [3.05, 3.63) is 132 Å². The quantitative estimate of drug-likeness (QED) is 0.281. The fourth-order valence-electron chi connectivity index (χ4n) is 6.76. The maximum absolute atomic E-state index is 6.66. The molecule has 0 radical (unpaired) electrons. The second-order valence-corrected chi connectivity index (χ2v) is 9.98. The molecule has 3 aromatic heterocycles. The topological polar surface area (TPSA) is 30.8 Å². The molecule has 174 valence electrons. The number of benzene rings is 4. The highest BCUT2D eigenvalue weighted by atomic mass is 16.3. The van der Waals surface area contributed by atoms with E-state index in [0.29, 0.717) is 0 Å². The Morgan fingerprint density at radius 2 is 1.51 bits per heavy atom. The van der Waals surface area contributed by atoms with Crippen LogP contribution in [0, 0.1) is 6.92 Å². The van der Waals surface area contributed by atoms with E-state index < -0.39 is 5.66 Å². The molecule has 1 unspecified atom stereocenters. The lowest BCUT2D eigenvalue weighted by molar-refractivity contribution is -0.987. The van der Waals surface area contributed by atoms with Crippen molar-refractivity contribution >= 4 is 21.9 Å². The van der Waals surface area contributed by atoms with Crippen molar-refractivity contribution in [1.82, 2.24) is 9.25 Å². The molecule has 0 saturated carbocycles. The Labute approximate surface area is 212 Å². The van der Waals surface area contributed by atoms with Crippen LogP contribution in [-0.2, 0) is 5.66 Å². The molecule has 0 bridgehead atoms. The minimum absolute atomic E-state index is 0.564. The maximum Gasteiger partial charge on any atom is 0.387 e. The van der Waals surface area contributed by atoms with Crippen molar-refractivity contribution in [2.24, 2.45) is 0 Å². The fraction of sp³-hybridized carbons (Fsp3) is 0.0625. The zero-order valence-electron chi connectivity index (χ0n) is 20.2. The predicted molar refractivity (Wildman–Crippen MR) is 141 cm³/mol. The molecule has 1 atom stereocenters. The molecule has 0 aliphatic carbocycles. The molecule has 0 fully saturated rings. The normalized spacial score (nSPS) is 16.9. The lowest BCUT2D eigenvalue weighted by atomic mass is 9.89. The zero-order chi connectivity index (χ0) is 24.3. The predicted octanol–water partition coefficient (Wildman–Crippen LogP) is 5.64. The highest BCUT2D eigenvalue weighted by molar-refractivity contribution is 6.10. The van der Waals surface area contributed by atoms with Crippen LogP contribution in [0.4, 0.5) is 0 Å². The number of fused-ring (bicyclic) bond motifs is 14. The first-order chi connectivity index (χ1) is 18.3. The Kier molecular flexibility index (Phi) is 3.37. The van der Waals surface area contributed by atoms with E-state index in [0.717, 1.165) is 33.3 Å². The van der Waals surface area contributed by atoms with Gasteiger partial charge in [0.05, 0.1) is 11.8 Å². The van der Waals surface area contributed by atoms with Crippen molar-refractivity contribution < 1.29 is 13.7 Å². The third-order valence-corrected chi connectivity index (χ3v) is 8.24. The molecule has 9 rings (SSSR count). The van der Waals surface area contributed by atoms with Crippen LogP contribution in [-0.4, -0.2) is 9.25 Å². The van der Waals surface area contributed by atoms with Gasteiger partial charge in [-0.2, -0.15) is 9.13 Å². The molecule has 4 aromatic carbocycles. The first-order valence-corrected chi connectivity index (χ1v) is 12.6. The van der Waals surface area contributed by atoms with Crippen molar-refractivity contribution in [3.8, 4) is 22.8 Å². The summed E-state index contributed by atoms with van der Waals surface area (Å²) in [6.07, 6.45) is 8.74. The number of aryl methyl sites for hydroxylation is 1. The summed E-state index contributed by atoms with van der Waals surface area (Å²) in [7, 11) is 0. The summed E-state index contributed by atoms with van der Waals surface area (Å²) in [5, 5.41) is 2.28. The molecular weight excluding hydrogens is 456 g/mol. The summed E-state index contributed by atoms with van der Waals surface area (Å²) in [5.41, 5.74) is 8.46. The van der Waals surface area contributed by atoms with E-state index in [1.54, 1.807) is 0 Å². The average molecular weight is 479 g/mol. The van der Waals surface area contributed by atoms with E-state index in [-0.39, 0.29) is 0 Å². The van der Waals surface area contributed by atoms with Gasteiger partial charge in [0.25, 0.3) is 0 Å². The van der Waals surface area contributed by atoms with Crippen LogP contribution < -0.4 is 9.25 Å². The van der Waals surface area contributed by atoms with Crippen LogP contribution in [0.5, 0.6) is 0 Å². The molecule has 7 aromatic rings. The van der Waals surface area contributed by atoms with Gasteiger partial charge in [-0.25, -0.2) is 0 Å².